The van der Waals surface area contributed by atoms with E-state index in [0.717, 1.165) is 38.8 Å². The summed E-state index contributed by atoms with van der Waals surface area (Å²) < 4.78 is 1.93. The lowest BCUT2D eigenvalue weighted by atomic mass is 9.95. The van der Waals surface area contributed by atoms with Gasteiger partial charge in [-0.25, -0.2) is 0 Å². The molecule has 6 heteroatoms. The summed E-state index contributed by atoms with van der Waals surface area (Å²) in [5.74, 6) is -0.0967. The summed E-state index contributed by atoms with van der Waals surface area (Å²) in [4.78, 5) is 12.6. The van der Waals surface area contributed by atoms with Crippen molar-refractivity contribution in [3.8, 4) is 0 Å². The molecule has 1 unspecified atom stereocenters. The van der Waals surface area contributed by atoms with Crippen LogP contribution in [0, 0.1) is 0 Å². The Labute approximate surface area is 162 Å². The summed E-state index contributed by atoms with van der Waals surface area (Å²) in [6.07, 6.45) is 6.01. The van der Waals surface area contributed by atoms with E-state index in [2.05, 4.69) is 41.7 Å². The van der Waals surface area contributed by atoms with Gasteiger partial charge in [0, 0.05) is 18.3 Å². The number of benzene rings is 1. The van der Waals surface area contributed by atoms with Crippen molar-refractivity contribution in [1.29, 1.82) is 0 Å². The third kappa shape index (κ3) is 5.58. The maximum atomic E-state index is 12.6. The normalized spacial score (nSPS) is 17.4. The molecule has 1 amide bonds. The first-order chi connectivity index (χ1) is 12.0. The van der Waals surface area contributed by atoms with E-state index in [1.807, 2.05) is 35.1 Å². The first-order valence-corrected chi connectivity index (χ1v) is 9.16. The van der Waals surface area contributed by atoms with E-state index in [0.29, 0.717) is 11.7 Å². The van der Waals surface area contributed by atoms with Crippen molar-refractivity contribution in [2.45, 2.75) is 51.1 Å². The molecule has 0 saturated carbocycles. The summed E-state index contributed by atoms with van der Waals surface area (Å²) in [6.45, 7) is 6.12. The molecule has 26 heavy (non-hydrogen) atoms. The molecule has 142 valence electrons. The third-order valence-electron chi connectivity index (χ3n) is 4.82. The van der Waals surface area contributed by atoms with Crippen LogP contribution in [-0.4, -0.2) is 34.3 Å². The lowest BCUT2D eigenvalue weighted by molar-refractivity contribution is 0.0903. The number of aromatic nitrogens is 2. The zero-order chi connectivity index (χ0) is 17.7. The second kappa shape index (κ2) is 9.19. The molecule has 2 aromatic rings. The number of aryl methyl sites for hydroxylation is 1. The quantitative estimate of drug-likeness (QED) is 0.812. The number of nitrogens with one attached hydrogen (secondary N) is 2. The Morgan fingerprint density at radius 2 is 2.08 bits per heavy atom. The van der Waals surface area contributed by atoms with E-state index in [-0.39, 0.29) is 23.9 Å². The van der Waals surface area contributed by atoms with Gasteiger partial charge in [0.2, 0.25) is 0 Å². The molecule has 0 radical (unpaired) electrons. The maximum absolute atomic E-state index is 12.6. The van der Waals surface area contributed by atoms with Gasteiger partial charge in [0.1, 0.15) is 5.69 Å². The highest BCUT2D eigenvalue weighted by atomic mass is 35.5. The smallest absolute Gasteiger partial charge is 0.272 e. The molecule has 1 aliphatic heterocycles. The van der Waals surface area contributed by atoms with E-state index >= 15 is 0 Å². The molecule has 1 fully saturated rings. The van der Waals surface area contributed by atoms with E-state index in [4.69, 9.17) is 0 Å². The molecule has 1 aliphatic rings. The largest absolute Gasteiger partial charge is 0.346 e. The number of amides is 1. The molecular formula is C20H29ClN4O. The fourth-order valence-electron chi connectivity index (χ4n) is 3.26. The summed E-state index contributed by atoms with van der Waals surface area (Å²) in [7, 11) is 0. The van der Waals surface area contributed by atoms with Gasteiger partial charge < -0.3 is 10.6 Å². The molecule has 3 rings (SSSR count). The number of hydrogen-bond acceptors (Lipinski definition) is 3. The van der Waals surface area contributed by atoms with Crippen LogP contribution in [0.4, 0.5) is 0 Å². The standard InChI is InChI=1S/C20H28N4O.ClH/c1-20(2,12-10-16-7-4-3-5-8-16)22-19(25)18-11-14-24(23-18)17-9-6-13-21-15-17;/h3-5,7-8,11,14,17,21H,6,9-10,12-13,15H2,1-2H3,(H,22,25);1H. The minimum Gasteiger partial charge on any atom is -0.346 e. The van der Waals surface area contributed by atoms with Crippen molar-refractivity contribution in [1.82, 2.24) is 20.4 Å². The van der Waals surface area contributed by atoms with Crippen LogP contribution in [0.25, 0.3) is 0 Å². The van der Waals surface area contributed by atoms with Gasteiger partial charge in [-0.2, -0.15) is 5.10 Å². The third-order valence-corrected chi connectivity index (χ3v) is 4.82. The van der Waals surface area contributed by atoms with E-state index in [1.165, 1.54) is 5.56 Å². The van der Waals surface area contributed by atoms with Crippen LogP contribution in [0.3, 0.4) is 0 Å². The first-order valence-electron chi connectivity index (χ1n) is 9.16. The highest BCUT2D eigenvalue weighted by Crippen LogP contribution is 2.17. The van der Waals surface area contributed by atoms with Crippen LogP contribution in [0.5, 0.6) is 0 Å². The number of carbonyl (C=O) groups excluding carboxylic acids is 1. The topological polar surface area (TPSA) is 59.0 Å². The molecule has 1 aromatic carbocycles. The van der Waals surface area contributed by atoms with Gasteiger partial charge in [0.05, 0.1) is 6.04 Å². The molecular weight excluding hydrogens is 348 g/mol. The Morgan fingerprint density at radius 1 is 1.31 bits per heavy atom. The summed E-state index contributed by atoms with van der Waals surface area (Å²) in [5, 5.41) is 11.0. The fraction of sp³-hybridized carbons (Fsp3) is 0.500. The van der Waals surface area contributed by atoms with Crippen molar-refractivity contribution in [2.75, 3.05) is 13.1 Å². The van der Waals surface area contributed by atoms with Crippen molar-refractivity contribution < 1.29 is 4.79 Å². The zero-order valence-electron chi connectivity index (χ0n) is 15.6. The van der Waals surface area contributed by atoms with Gasteiger partial charge in [-0.05, 0) is 57.7 Å². The van der Waals surface area contributed by atoms with Crippen LogP contribution in [0.2, 0.25) is 0 Å². The van der Waals surface area contributed by atoms with Crippen molar-refractivity contribution >= 4 is 18.3 Å². The molecule has 0 spiro atoms. The SMILES string of the molecule is CC(C)(CCc1ccccc1)NC(=O)c1ccn(C2CCCNC2)n1.Cl. The van der Waals surface area contributed by atoms with Crippen LogP contribution in [-0.2, 0) is 6.42 Å². The summed E-state index contributed by atoms with van der Waals surface area (Å²) in [6, 6.07) is 12.5. The maximum Gasteiger partial charge on any atom is 0.272 e. The van der Waals surface area contributed by atoms with Crippen LogP contribution < -0.4 is 10.6 Å². The number of piperidine rings is 1. The number of carbonyl (C=O) groups is 1. The van der Waals surface area contributed by atoms with E-state index in [1.54, 1.807) is 0 Å². The first kappa shape index (κ1) is 20.5. The van der Waals surface area contributed by atoms with Crippen LogP contribution in [0.15, 0.2) is 42.6 Å². The molecule has 1 aromatic heterocycles. The van der Waals surface area contributed by atoms with Crippen LogP contribution in [0.1, 0.15) is 55.2 Å². The number of nitrogens with zero attached hydrogens (tertiary/aromatic N) is 2. The van der Waals surface area contributed by atoms with E-state index < -0.39 is 0 Å². The summed E-state index contributed by atoms with van der Waals surface area (Å²) in [5.41, 5.74) is 1.51. The Balaban J connectivity index is 0.00000243. The molecule has 2 N–H and O–H groups in total. The minimum absolute atomic E-state index is 0. The lowest BCUT2D eigenvalue weighted by Gasteiger charge is -2.26. The van der Waals surface area contributed by atoms with Gasteiger partial charge in [-0.1, -0.05) is 30.3 Å². The van der Waals surface area contributed by atoms with Crippen molar-refractivity contribution in [3.05, 3.63) is 53.9 Å². The molecule has 1 saturated heterocycles. The Morgan fingerprint density at radius 3 is 2.77 bits per heavy atom. The Kier molecular flexibility index (Phi) is 7.23. The number of rotatable bonds is 6. The minimum atomic E-state index is -0.275. The zero-order valence-corrected chi connectivity index (χ0v) is 16.4. The van der Waals surface area contributed by atoms with Gasteiger partial charge >= 0.3 is 0 Å². The van der Waals surface area contributed by atoms with Gasteiger partial charge in [-0.15, -0.1) is 12.4 Å². The second-order valence-corrected chi connectivity index (χ2v) is 7.50. The van der Waals surface area contributed by atoms with Gasteiger partial charge in [0.25, 0.3) is 5.91 Å². The van der Waals surface area contributed by atoms with Crippen molar-refractivity contribution in [3.63, 3.8) is 0 Å². The van der Waals surface area contributed by atoms with Gasteiger partial charge in [-0.3, -0.25) is 9.48 Å². The molecule has 2 heterocycles. The Hall–Kier alpha value is -1.85. The lowest BCUT2D eigenvalue weighted by Crippen LogP contribution is -2.44. The number of hydrogen-bond donors (Lipinski definition) is 2. The highest BCUT2D eigenvalue weighted by molar-refractivity contribution is 5.92. The van der Waals surface area contributed by atoms with E-state index in [9.17, 15) is 4.79 Å². The summed E-state index contributed by atoms with van der Waals surface area (Å²) >= 11 is 0. The highest BCUT2D eigenvalue weighted by Gasteiger charge is 2.23. The number of halogens is 1. The predicted molar refractivity (Wildman–Crippen MR) is 107 cm³/mol. The monoisotopic (exact) mass is 376 g/mol. The second-order valence-electron chi connectivity index (χ2n) is 7.50. The average Bonchev–Trinajstić information content (AvgIpc) is 3.12. The predicted octanol–water partition coefficient (Wildman–Crippen LogP) is 3.37. The molecule has 0 aliphatic carbocycles. The van der Waals surface area contributed by atoms with Gasteiger partial charge in [0.15, 0.2) is 0 Å². The molecule has 5 nitrogen and oxygen atoms in total. The average molecular weight is 377 g/mol. The van der Waals surface area contributed by atoms with Crippen LogP contribution >= 0.6 is 12.4 Å². The fourth-order valence-corrected chi connectivity index (χ4v) is 3.26. The Bertz CT molecular complexity index is 693. The molecule has 1 atom stereocenters. The van der Waals surface area contributed by atoms with Crippen molar-refractivity contribution in [2.24, 2.45) is 0 Å². The molecule has 0 bridgehead atoms.